The van der Waals surface area contributed by atoms with Gasteiger partial charge in [0.1, 0.15) is 5.56 Å². The van der Waals surface area contributed by atoms with Crippen molar-refractivity contribution in [1.82, 2.24) is 14.5 Å². The van der Waals surface area contributed by atoms with E-state index in [0.717, 1.165) is 19.4 Å². The number of hydrogen-bond acceptors (Lipinski definition) is 4. The Labute approximate surface area is 123 Å². The normalized spacial score (nSPS) is 11.0. The van der Waals surface area contributed by atoms with Crippen LogP contribution in [0.15, 0.2) is 6.33 Å². The number of ether oxygens (including phenoxy) is 1. The van der Waals surface area contributed by atoms with Crippen LogP contribution in [0.1, 0.15) is 49.7 Å². The molecule has 0 fully saturated rings. The third-order valence-electron chi connectivity index (χ3n) is 3.39. The number of unbranched alkanes of at least 4 members (excludes halogenated alkanes) is 1. The summed E-state index contributed by atoms with van der Waals surface area (Å²) in [5, 5.41) is 9.54. The number of nitrogens with zero attached hydrogens (tertiary/aromatic N) is 3. The van der Waals surface area contributed by atoms with E-state index < -0.39 is 5.97 Å². The van der Waals surface area contributed by atoms with Gasteiger partial charge in [-0.25, -0.2) is 14.8 Å². The monoisotopic (exact) mass is 291 g/mol. The molecule has 114 valence electrons. The fourth-order valence-electron chi connectivity index (χ4n) is 2.35. The molecule has 0 saturated heterocycles. The fraction of sp³-hybridized carbons (Fsp3) is 0.533. The first-order valence-corrected chi connectivity index (χ1v) is 7.37. The van der Waals surface area contributed by atoms with Crippen LogP contribution in [0.5, 0.6) is 5.75 Å². The van der Waals surface area contributed by atoms with Crippen LogP contribution < -0.4 is 4.74 Å². The van der Waals surface area contributed by atoms with Gasteiger partial charge in [-0.05, 0) is 26.7 Å². The number of aromatic carboxylic acids is 1. The molecule has 0 saturated carbocycles. The summed E-state index contributed by atoms with van der Waals surface area (Å²) >= 11 is 0. The highest BCUT2D eigenvalue weighted by Gasteiger charge is 2.24. The molecule has 0 aliphatic rings. The highest BCUT2D eigenvalue weighted by molar-refractivity contribution is 5.98. The van der Waals surface area contributed by atoms with Crippen molar-refractivity contribution in [3.63, 3.8) is 0 Å². The van der Waals surface area contributed by atoms with E-state index in [-0.39, 0.29) is 5.56 Å². The number of aromatic nitrogens is 3. The molecule has 0 aliphatic carbocycles. The predicted molar refractivity (Wildman–Crippen MR) is 79.9 cm³/mol. The predicted octanol–water partition coefficient (Wildman–Crippen LogP) is 2.89. The second-order valence-corrected chi connectivity index (χ2v) is 4.81. The summed E-state index contributed by atoms with van der Waals surface area (Å²) in [6.45, 7) is 7.03. The van der Waals surface area contributed by atoms with Crippen molar-refractivity contribution in [2.45, 2.75) is 46.6 Å². The number of aryl methyl sites for hydroxylation is 2. The fourth-order valence-corrected chi connectivity index (χ4v) is 2.35. The van der Waals surface area contributed by atoms with Crippen molar-refractivity contribution in [2.75, 3.05) is 6.61 Å². The Morgan fingerprint density at radius 1 is 1.38 bits per heavy atom. The lowest BCUT2D eigenvalue weighted by Crippen LogP contribution is -2.11. The van der Waals surface area contributed by atoms with E-state index in [9.17, 15) is 9.90 Å². The molecule has 6 nitrogen and oxygen atoms in total. The zero-order valence-corrected chi connectivity index (χ0v) is 12.7. The molecular weight excluding hydrogens is 270 g/mol. The molecule has 0 aromatic carbocycles. The Morgan fingerprint density at radius 2 is 2.14 bits per heavy atom. The van der Waals surface area contributed by atoms with Gasteiger partial charge in [0.25, 0.3) is 0 Å². The molecule has 0 unspecified atom stereocenters. The van der Waals surface area contributed by atoms with Crippen LogP contribution in [0.2, 0.25) is 0 Å². The Kier molecular flexibility index (Phi) is 4.77. The standard InChI is InChI=1S/C15H21N3O3/c1-4-7-8-10-11(15(19)20)13(21-6-3)12-14(17-10)18(5-2)9-16-12/h9H,4-8H2,1-3H3,(H,19,20). The smallest absolute Gasteiger partial charge is 0.341 e. The largest absolute Gasteiger partial charge is 0.490 e. The molecule has 2 heterocycles. The van der Waals surface area contributed by atoms with Crippen LogP contribution in [-0.2, 0) is 13.0 Å². The Bertz CT molecular complexity index is 649. The minimum Gasteiger partial charge on any atom is -0.490 e. The summed E-state index contributed by atoms with van der Waals surface area (Å²) in [6.07, 6.45) is 4.18. The van der Waals surface area contributed by atoms with E-state index in [1.165, 1.54) is 0 Å². The molecule has 0 bridgehead atoms. The zero-order chi connectivity index (χ0) is 15.4. The molecule has 2 aromatic heterocycles. The van der Waals surface area contributed by atoms with E-state index in [1.807, 2.05) is 18.4 Å². The van der Waals surface area contributed by atoms with Crippen LogP contribution in [-0.4, -0.2) is 32.2 Å². The van der Waals surface area contributed by atoms with Crippen molar-refractivity contribution in [3.8, 4) is 5.75 Å². The first kappa shape index (κ1) is 15.3. The first-order valence-electron chi connectivity index (χ1n) is 7.37. The first-order chi connectivity index (χ1) is 10.1. The Balaban J connectivity index is 2.72. The number of rotatable bonds is 7. The zero-order valence-electron chi connectivity index (χ0n) is 12.7. The number of hydrogen-bond donors (Lipinski definition) is 1. The average molecular weight is 291 g/mol. The maximum atomic E-state index is 11.6. The van der Waals surface area contributed by atoms with Crippen LogP contribution in [0.4, 0.5) is 0 Å². The van der Waals surface area contributed by atoms with Gasteiger partial charge in [-0.1, -0.05) is 13.3 Å². The van der Waals surface area contributed by atoms with Crippen LogP contribution in [0.3, 0.4) is 0 Å². The molecule has 0 aliphatic heterocycles. The van der Waals surface area contributed by atoms with E-state index in [1.54, 1.807) is 6.33 Å². The minimum absolute atomic E-state index is 0.152. The van der Waals surface area contributed by atoms with Crippen molar-refractivity contribution < 1.29 is 14.6 Å². The second-order valence-electron chi connectivity index (χ2n) is 4.81. The lowest BCUT2D eigenvalue weighted by atomic mass is 10.1. The van der Waals surface area contributed by atoms with E-state index in [2.05, 4.69) is 16.9 Å². The van der Waals surface area contributed by atoms with Crippen LogP contribution >= 0.6 is 0 Å². The minimum atomic E-state index is -1.01. The van der Waals surface area contributed by atoms with Gasteiger partial charge in [0.15, 0.2) is 16.9 Å². The lowest BCUT2D eigenvalue weighted by molar-refractivity contribution is 0.0691. The SMILES string of the molecule is CCCCc1nc2c(ncn2CC)c(OCC)c1C(=O)O. The molecule has 21 heavy (non-hydrogen) atoms. The molecule has 2 aromatic rings. The van der Waals surface area contributed by atoms with Crippen molar-refractivity contribution in [2.24, 2.45) is 0 Å². The molecular formula is C15H21N3O3. The van der Waals surface area contributed by atoms with E-state index in [4.69, 9.17) is 4.74 Å². The Morgan fingerprint density at radius 3 is 2.71 bits per heavy atom. The summed E-state index contributed by atoms with van der Waals surface area (Å²) < 4.78 is 7.50. The third-order valence-corrected chi connectivity index (χ3v) is 3.39. The van der Waals surface area contributed by atoms with Gasteiger partial charge >= 0.3 is 5.97 Å². The van der Waals surface area contributed by atoms with Crippen molar-refractivity contribution in [3.05, 3.63) is 17.6 Å². The average Bonchev–Trinajstić information content (AvgIpc) is 2.87. The molecule has 0 amide bonds. The molecule has 1 N–H and O–H groups in total. The number of pyridine rings is 1. The van der Waals surface area contributed by atoms with Crippen molar-refractivity contribution >= 4 is 17.1 Å². The number of fused-ring (bicyclic) bond motifs is 1. The molecule has 0 radical (unpaired) electrons. The van der Waals surface area contributed by atoms with Gasteiger partial charge in [0.05, 0.1) is 18.6 Å². The van der Waals surface area contributed by atoms with Gasteiger partial charge in [0.2, 0.25) is 0 Å². The second kappa shape index (κ2) is 6.56. The highest BCUT2D eigenvalue weighted by Crippen LogP contribution is 2.31. The molecule has 0 spiro atoms. The summed E-state index contributed by atoms with van der Waals surface area (Å²) in [4.78, 5) is 20.5. The highest BCUT2D eigenvalue weighted by atomic mass is 16.5. The quantitative estimate of drug-likeness (QED) is 0.848. The van der Waals surface area contributed by atoms with Gasteiger partial charge in [-0.15, -0.1) is 0 Å². The van der Waals surface area contributed by atoms with Gasteiger partial charge in [-0.3, -0.25) is 0 Å². The lowest BCUT2D eigenvalue weighted by Gasteiger charge is -2.12. The summed E-state index contributed by atoms with van der Waals surface area (Å²) in [5.74, 6) is -0.668. The number of imidazole rings is 1. The van der Waals surface area contributed by atoms with Gasteiger partial charge in [-0.2, -0.15) is 0 Å². The summed E-state index contributed by atoms with van der Waals surface area (Å²) in [5.41, 5.74) is 1.95. The van der Waals surface area contributed by atoms with E-state index >= 15 is 0 Å². The maximum absolute atomic E-state index is 11.6. The molecule has 2 rings (SSSR count). The van der Waals surface area contributed by atoms with Gasteiger partial charge < -0.3 is 14.4 Å². The molecule has 6 heteroatoms. The maximum Gasteiger partial charge on any atom is 0.341 e. The number of carboxylic acid groups (broad SMARTS) is 1. The Hall–Kier alpha value is -2.11. The van der Waals surface area contributed by atoms with Gasteiger partial charge in [0, 0.05) is 6.54 Å². The number of carboxylic acids is 1. The molecule has 0 atom stereocenters. The van der Waals surface area contributed by atoms with Crippen LogP contribution in [0, 0.1) is 0 Å². The summed E-state index contributed by atoms with van der Waals surface area (Å²) in [6, 6.07) is 0. The van der Waals surface area contributed by atoms with E-state index in [0.29, 0.717) is 35.6 Å². The van der Waals surface area contributed by atoms with Crippen LogP contribution in [0.25, 0.3) is 11.2 Å². The number of carbonyl (C=O) groups is 1. The topological polar surface area (TPSA) is 77.2 Å². The van der Waals surface area contributed by atoms with Crippen molar-refractivity contribution in [1.29, 1.82) is 0 Å². The summed E-state index contributed by atoms with van der Waals surface area (Å²) in [7, 11) is 0. The third kappa shape index (κ3) is 2.84.